The van der Waals surface area contributed by atoms with Gasteiger partial charge in [-0.25, -0.2) is 0 Å². The Morgan fingerprint density at radius 2 is 1.79 bits per heavy atom. The minimum Gasteiger partial charge on any atom is -0.194 e. The number of nitrogens with zero attached hydrogens (tertiary/aromatic N) is 1. The topological polar surface area (TPSA) is 3.88 Å². The van der Waals surface area contributed by atoms with Gasteiger partial charge in [-0.15, -0.1) is 0 Å². The van der Waals surface area contributed by atoms with Crippen LogP contribution in [0.2, 0.25) is 0 Å². The van der Waals surface area contributed by atoms with Gasteiger partial charge in [-0.1, -0.05) is 37.6 Å². The lowest BCUT2D eigenvalue weighted by Crippen LogP contribution is -2.32. The van der Waals surface area contributed by atoms with Gasteiger partial charge in [0.25, 0.3) is 0 Å². The second kappa shape index (κ2) is 6.39. The predicted molar refractivity (Wildman–Crippen MR) is 103 cm³/mol. The van der Waals surface area contributed by atoms with Crippen LogP contribution in [0, 0.1) is 26.7 Å². The summed E-state index contributed by atoms with van der Waals surface area (Å²) in [6, 6.07) is 14.6. The molecule has 24 heavy (non-hydrogen) atoms. The molecule has 1 aromatic heterocycles. The third-order valence-corrected chi connectivity index (χ3v) is 4.75. The molecular weight excluding hydrogens is 290 g/mol. The van der Waals surface area contributed by atoms with Gasteiger partial charge in [0, 0.05) is 25.8 Å². The molecule has 124 valence electrons. The van der Waals surface area contributed by atoms with Gasteiger partial charge in [-0.2, -0.15) is 4.57 Å². The van der Waals surface area contributed by atoms with Crippen LogP contribution in [0.15, 0.2) is 42.5 Å². The maximum Gasteiger partial charge on any atom is 0.213 e. The van der Waals surface area contributed by atoms with Crippen molar-refractivity contribution >= 4 is 10.9 Å². The first kappa shape index (κ1) is 14.2. The third-order valence-electron chi connectivity index (χ3n) is 4.75. The minimum absolute atomic E-state index is 0.0836. The Balaban J connectivity index is 2.30. The highest BCUT2D eigenvalue weighted by Gasteiger charge is 2.18. The lowest BCUT2D eigenvalue weighted by Gasteiger charge is -2.12. The summed E-state index contributed by atoms with van der Waals surface area (Å²) in [5.74, 6) is -0.0836. The maximum absolute atomic E-state index is 8.54. The second-order valence-electron chi connectivity index (χ2n) is 7.07. The highest BCUT2D eigenvalue weighted by atomic mass is 14.9. The average molecular weight is 320 g/mol. The fraction of sp³-hybridized carbons (Fsp3) is 0.348. The van der Waals surface area contributed by atoms with Crippen LogP contribution in [0.5, 0.6) is 0 Å². The maximum atomic E-state index is 8.54. The van der Waals surface area contributed by atoms with Crippen molar-refractivity contribution in [3.05, 3.63) is 64.7 Å². The SMILES string of the molecule is [2H]C([2H])(c1cccc2c1ccc(-c1cc(C)cc(C)c1C)[n+]2C)C(C)C. The smallest absolute Gasteiger partial charge is 0.194 e. The van der Waals surface area contributed by atoms with Crippen molar-refractivity contribution in [3.63, 3.8) is 0 Å². The van der Waals surface area contributed by atoms with Crippen molar-refractivity contribution in [2.45, 2.75) is 41.0 Å². The number of fused-ring (bicyclic) bond motifs is 1. The van der Waals surface area contributed by atoms with Gasteiger partial charge in [0.2, 0.25) is 11.2 Å². The molecule has 1 heterocycles. The molecule has 0 aliphatic carbocycles. The van der Waals surface area contributed by atoms with Crippen LogP contribution in [0.4, 0.5) is 0 Å². The molecule has 0 unspecified atom stereocenters. The highest BCUT2D eigenvalue weighted by molar-refractivity contribution is 5.81. The first-order valence-corrected chi connectivity index (χ1v) is 8.65. The van der Waals surface area contributed by atoms with Gasteiger partial charge < -0.3 is 0 Å². The summed E-state index contributed by atoms with van der Waals surface area (Å²) in [7, 11) is 2.07. The van der Waals surface area contributed by atoms with Crippen LogP contribution in [0.25, 0.3) is 22.2 Å². The predicted octanol–water partition coefficient (Wildman–Crippen LogP) is 5.46. The molecule has 0 atom stereocenters. The molecule has 0 amide bonds. The van der Waals surface area contributed by atoms with E-state index < -0.39 is 6.37 Å². The quantitative estimate of drug-likeness (QED) is 0.565. The van der Waals surface area contributed by atoms with Crippen molar-refractivity contribution in [3.8, 4) is 11.3 Å². The Morgan fingerprint density at radius 1 is 1.04 bits per heavy atom. The molecule has 0 spiro atoms. The second-order valence-corrected chi connectivity index (χ2v) is 7.07. The van der Waals surface area contributed by atoms with Crippen molar-refractivity contribution in [2.75, 3.05) is 0 Å². The summed E-state index contributed by atoms with van der Waals surface area (Å²) in [5.41, 5.74) is 8.07. The van der Waals surface area contributed by atoms with Crippen LogP contribution < -0.4 is 4.57 Å². The molecule has 0 fully saturated rings. The summed E-state index contributed by atoms with van der Waals surface area (Å²) in [6.07, 6.45) is -1.36. The molecule has 1 heteroatoms. The summed E-state index contributed by atoms with van der Waals surface area (Å²) >= 11 is 0. The molecule has 0 aliphatic heterocycles. The van der Waals surface area contributed by atoms with Crippen molar-refractivity contribution in [1.29, 1.82) is 0 Å². The molecule has 1 nitrogen and oxygen atoms in total. The first-order valence-electron chi connectivity index (χ1n) is 9.65. The summed E-state index contributed by atoms with van der Waals surface area (Å²) in [4.78, 5) is 0. The Kier molecular flexibility index (Phi) is 3.79. The number of rotatable bonds is 3. The molecule has 0 aliphatic rings. The number of hydrogen-bond donors (Lipinski definition) is 0. The van der Waals surface area contributed by atoms with Gasteiger partial charge in [0.1, 0.15) is 7.05 Å². The largest absolute Gasteiger partial charge is 0.213 e. The van der Waals surface area contributed by atoms with Crippen LogP contribution in [-0.2, 0) is 13.4 Å². The molecule has 0 saturated heterocycles. The van der Waals surface area contributed by atoms with Crippen molar-refractivity contribution < 1.29 is 7.31 Å². The van der Waals surface area contributed by atoms with Crippen molar-refractivity contribution in [1.82, 2.24) is 0 Å². The zero-order valence-corrected chi connectivity index (χ0v) is 15.6. The minimum atomic E-state index is -1.36. The van der Waals surface area contributed by atoms with Gasteiger partial charge >= 0.3 is 0 Å². The zero-order chi connectivity index (χ0) is 19.2. The standard InChI is InChI=1S/C23H28N/c1-15(2)12-19-8-7-9-22-20(19)10-11-23(24(22)6)21-14-16(3)13-17(4)18(21)5/h7-11,13-15H,12H2,1-6H3/q+1/i12D2. The number of aromatic nitrogens is 1. The Hall–Kier alpha value is -2.15. The average Bonchev–Trinajstić information content (AvgIpc) is 2.58. The van der Waals surface area contributed by atoms with E-state index in [9.17, 15) is 0 Å². The summed E-state index contributed by atoms with van der Waals surface area (Å²) in [6.45, 7) is 10.3. The molecular formula is C23H28N+. The van der Waals surface area contributed by atoms with E-state index in [-0.39, 0.29) is 5.92 Å². The van der Waals surface area contributed by atoms with E-state index in [0.29, 0.717) is 0 Å². The number of benzene rings is 2. The van der Waals surface area contributed by atoms with Crippen LogP contribution in [0.1, 0.15) is 38.8 Å². The van der Waals surface area contributed by atoms with Crippen LogP contribution in [0.3, 0.4) is 0 Å². The normalized spacial score (nSPS) is 13.3. The lowest BCUT2D eigenvalue weighted by molar-refractivity contribution is -0.633. The Morgan fingerprint density at radius 3 is 2.50 bits per heavy atom. The molecule has 0 saturated carbocycles. The molecule has 3 rings (SSSR count). The van der Waals surface area contributed by atoms with E-state index in [2.05, 4.69) is 62.7 Å². The third kappa shape index (κ3) is 2.96. The molecule has 0 radical (unpaired) electrons. The lowest BCUT2D eigenvalue weighted by atomic mass is 9.95. The molecule has 3 aromatic rings. The molecule has 0 bridgehead atoms. The van der Waals surface area contributed by atoms with E-state index >= 15 is 0 Å². The van der Waals surface area contributed by atoms with Crippen LogP contribution >= 0.6 is 0 Å². The zero-order valence-electron chi connectivity index (χ0n) is 17.6. The van der Waals surface area contributed by atoms with E-state index in [0.717, 1.165) is 22.2 Å². The fourth-order valence-electron chi connectivity index (χ4n) is 3.44. The van der Waals surface area contributed by atoms with E-state index in [1.807, 2.05) is 26.0 Å². The summed E-state index contributed by atoms with van der Waals surface area (Å²) < 4.78 is 19.3. The van der Waals surface area contributed by atoms with Gasteiger partial charge in [-0.05, 0) is 61.9 Å². The van der Waals surface area contributed by atoms with E-state index in [4.69, 9.17) is 2.74 Å². The van der Waals surface area contributed by atoms with Crippen molar-refractivity contribution in [2.24, 2.45) is 13.0 Å². The van der Waals surface area contributed by atoms with E-state index in [1.165, 1.54) is 22.3 Å². The van der Waals surface area contributed by atoms with Gasteiger partial charge in [0.15, 0.2) is 0 Å². The van der Waals surface area contributed by atoms with Gasteiger partial charge in [0.05, 0.1) is 0 Å². The van der Waals surface area contributed by atoms with Crippen LogP contribution in [-0.4, -0.2) is 0 Å². The fourth-order valence-corrected chi connectivity index (χ4v) is 3.44. The number of aryl methyl sites for hydroxylation is 3. The number of hydrogen-bond acceptors (Lipinski definition) is 0. The first-order chi connectivity index (χ1) is 12.1. The van der Waals surface area contributed by atoms with E-state index in [1.54, 1.807) is 0 Å². The molecule has 0 N–H and O–H groups in total. The van der Waals surface area contributed by atoms with Gasteiger partial charge in [-0.3, -0.25) is 0 Å². The number of pyridine rings is 1. The monoisotopic (exact) mass is 320 g/mol. The molecule has 2 aromatic carbocycles. The summed E-state index contributed by atoms with van der Waals surface area (Å²) in [5, 5.41) is 0.986. The highest BCUT2D eigenvalue weighted by Crippen LogP contribution is 2.27. The Bertz CT molecular complexity index is 987. The Labute approximate surface area is 148 Å².